The van der Waals surface area contributed by atoms with Crippen molar-refractivity contribution in [1.82, 2.24) is 15.5 Å². The molecule has 1 aromatic heterocycles. The zero-order valence-corrected chi connectivity index (χ0v) is 24.5. The van der Waals surface area contributed by atoms with Gasteiger partial charge in [0.1, 0.15) is 5.75 Å². The maximum Gasteiger partial charge on any atom is 0.319 e. The van der Waals surface area contributed by atoms with Crippen molar-refractivity contribution < 1.29 is 14.3 Å². The van der Waals surface area contributed by atoms with Gasteiger partial charge in [0.15, 0.2) is 0 Å². The number of carbonyl (C=O) groups is 2. The second-order valence-electron chi connectivity index (χ2n) is 9.83. The Labute approximate surface area is 243 Å². The molecule has 0 bridgehead atoms. The molecule has 208 valence electrons. The summed E-state index contributed by atoms with van der Waals surface area (Å²) in [5.41, 5.74) is 3.54. The van der Waals surface area contributed by atoms with E-state index >= 15 is 0 Å². The summed E-state index contributed by atoms with van der Waals surface area (Å²) >= 11 is 13.6. The van der Waals surface area contributed by atoms with E-state index in [0.29, 0.717) is 33.6 Å². The molecule has 1 atom stereocenters. The molecule has 1 aliphatic rings. The number of methoxy groups -OCH3 is 1. The summed E-state index contributed by atoms with van der Waals surface area (Å²) in [5.74, 6) is 0.703. The van der Waals surface area contributed by atoms with Crippen LogP contribution in [0.4, 0.5) is 10.5 Å². The van der Waals surface area contributed by atoms with Gasteiger partial charge in [0, 0.05) is 58.1 Å². The Morgan fingerprint density at radius 1 is 1.08 bits per heavy atom. The first-order valence-corrected chi connectivity index (χ1v) is 14.7. The molecule has 3 aromatic rings. The van der Waals surface area contributed by atoms with E-state index < -0.39 is 0 Å². The summed E-state index contributed by atoms with van der Waals surface area (Å²) in [5, 5.41) is 13.6. The molecule has 0 radical (unpaired) electrons. The number of anilines is 1. The van der Waals surface area contributed by atoms with E-state index in [1.807, 2.05) is 10.8 Å². The molecule has 1 unspecified atom stereocenters. The number of benzene rings is 2. The maximum atomic E-state index is 12.7. The fraction of sp³-hybridized carbons (Fsp3) is 0.379. The van der Waals surface area contributed by atoms with E-state index in [0.717, 1.165) is 38.9 Å². The van der Waals surface area contributed by atoms with Crippen LogP contribution >= 0.6 is 34.5 Å². The lowest BCUT2D eigenvalue weighted by Gasteiger charge is -2.33. The minimum Gasteiger partial charge on any atom is -0.495 e. The molecule has 10 heteroatoms. The van der Waals surface area contributed by atoms with Gasteiger partial charge in [-0.05, 0) is 56.5 Å². The normalized spacial score (nSPS) is 15.0. The van der Waals surface area contributed by atoms with Gasteiger partial charge in [-0.2, -0.15) is 0 Å². The second-order valence-corrected chi connectivity index (χ2v) is 11.4. The third kappa shape index (κ3) is 8.60. The Balaban J connectivity index is 1.28. The predicted octanol–water partition coefficient (Wildman–Crippen LogP) is 6.56. The van der Waals surface area contributed by atoms with Crippen LogP contribution in [-0.2, 0) is 0 Å². The topological polar surface area (TPSA) is 82.7 Å². The van der Waals surface area contributed by atoms with Gasteiger partial charge in [-0.15, -0.1) is 11.3 Å². The van der Waals surface area contributed by atoms with Crippen LogP contribution in [0.1, 0.15) is 46.7 Å². The van der Waals surface area contributed by atoms with Gasteiger partial charge < -0.3 is 25.6 Å². The molecule has 7 nitrogen and oxygen atoms in total. The number of halogens is 2. The average molecular weight is 590 g/mol. The number of amides is 3. The Morgan fingerprint density at radius 3 is 2.44 bits per heavy atom. The van der Waals surface area contributed by atoms with Crippen molar-refractivity contribution in [1.29, 1.82) is 0 Å². The van der Waals surface area contributed by atoms with Crippen LogP contribution in [0.5, 0.6) is 5.75 Å². The fourth-order valence-corrected chi connectivity index (χ4v) is 6.05. The molecule has 3 N–H and O–H groups in total. The quantitative estimate of drug-likeness (QED) is 0.250. The van der Waals surface area contributed by atoms with Crippen molar-refractivity contribution >= 4 is 52.2 Å². The Kier molecular flexibility index (Phi) is 10.5. The smallest absolute Gasteiger partial charge is 0.319 e. The lowest BCUT2D eigenvalue weighted by molar-refractivity contribution is 0.0907. The van der Waals surface area contributed by atoms with Crippen molar-refractivity contribution in [2.45, 2.75) is 38.1 Å². The molecule has 0 spiro atoms. The zero-order valence-electron chi connectivity index (χ0n) is 22.1. The molecule has 1 aliphatic heterocycles. The van der Waals surface area contributed by atoms with Crippen LogP contribution in [0, 0.1) is 6.92 Å². The van der Waals surface area contributed by atoms with E-state index in [1.165, 1.54) is 22.5 Å². The molecule has 0 aliphatic carbocycles. The van der Waals surface area contributed by atoms with Crippen molar-refractivity contribution in [3.63, 3.8) is 0 Å². The van der Waals surface area contributed by atoms with Gasteiger partial charge in [0.25, 0.3) is 5.91 Å². The van der Waals surface area contributed by atoms with Gasteiger partial charge in [0.05, 0.1) is 12.7 Å². The van der Waals surface area contributed by atoms with Crippen LogP contribution < -0.4 is 20.7 Å². The standard InChI is InChI=1S/C29H34Cl2N4O3S/c1-19-3-5-20(6-4-19)21(16-32-29(37)34-25-14-22(30)13-23(31)15-25)7-10-35-11-8-24(9-12-35)33-28(36)26-17-39-18-27(26)38-2/h3-6,13-15,17-18,21,24H,7-12,16H2,1-2H3,(H,33,36)(H2,32,34,37). The Bertz CT molecular complexity index is 1240. The highest BCUT2D eigenvalue weighted by Crippen LogP contribution is 2.25. The summed E-state index contributed by atoms with van der Waals surface area (Å²) < 4.78 is 5.28. The van der Waals surface area contributed by atoms with Crippen molar-refractivity contribution in [2.24, 2.45) is 0 Å². The largest absolute Gasteiger partial charge is 0.495 e. The van der Waals surface area contributed by atoms with Gasteiger partial charge in [-0.25, -0.2) is 4.79 Å². The van der Waals surface area contributed by atoms with E-state index in [2.05, 4.69) is 52.0 Å². The molecule has 2 heterocycles. The van der Waals surface area contributed by atoms with Crippen LogP contribution in [0.3, 0.4) is 0 Å². The van der Waals surface area contributed by atoms with Crippen LogP contribution in [0.15, 0.2) is 53.2 Å². The van der Waals surface area contributed by atoms with Crippen molar-refractivity contribution in [2.75, 3.05) is 38.6 Å². The number of ether oxygens (including phenoxy) is 1. The summed E-state index contributed by atoms with van der Waals surface area (Å²) in [6.45, 7) is 5.30. The molecule has 39 heavy (non-hydrogen) atoms. The van der Waals surface area contributed by atoms with E-state index in [9.17, 15) is 9.59 Å². The number of nitrogens with zero attached hydrogens (tertiary/aromatic N) is 1. The van der Waals surface area contributed by atoms with Crippen LogP contribution in [0.2, 0.25) is 10.0 Å². The molecule has 1 fully saturated rings. The first-order chi connectivity index (χ1) is 18.8. The van der Waals surface area contributed by atoms with E-state index in [4.69, 9.17) is 27.9 Å². The molecule has 4 rings (SSSR count). The number of hydrogen-bond donors (Lipinski definition) is 3. The highest BCUT2D eigenvalue weighted by Gasteiger charge is 2.24. The number of hydrogen-bond acceptors (Lipinski definition) is 5. The summed E-state index contributed by atoms with van der Waals surface area (Å²) in [6.07, 6.45) is 2.70. The number of aryl methyl sites for hydroxylation is 1. The van der Waals surface area contributed by atoms with Crippen molar-refractivity contribution in [3.05, 3.63) is 80.0 Å². The minimum atomic E-state index is -0.302. The maximum absolute atomic E-state index is 12.7. The molecule has 0 saturated carbocycles. The van der Waals surface area contributed by atoms with Gasteiger partial charge in [-0.1, -0.05) is 53.0 Å². The minimum absolute atomic E-state index is 0.0737. The zero-order chi connectivity index (χ0) is 27.8. The highest BCUT2D eigenvalue weighted by atomic mass is 35.5. The van der Waals surface area contributed by atoms with Crippen LogP contribution in [0.25, 0.3) is 0 Å². The SMILES string of the molecule is COc1cscc1C(=O)NC1CCN(CCC(CNC(=O)Nc2cc(Cl)cc(Cl)c2)c2ccc(C)cc2)CC1. The number of likely N-dealkylation sites (tertiary alicyclic amines) is 1. The predicted molar refractivity (Wildman–Crippen MR) is 160 cm³/mol. The third-order valence-corrected chi connectivity index (χ3v) is 8.14. The average Bonchev–Trinajstić information content (AvgIpc) is 3.39. The van der Waals surface area contributed by atoms with E-state index in [-0.39, 0.29) is 23.9 Å². The number of rotatable bonds is 10. The number of carbonyl (C=O) groups excluding carboxylic acids is 2. The molecular weight excluding hydrogens is 555 g/mol. The lowest BCUT2D eigenvalue weighted by Crippen LogP contribution is -2.45. The Morgan fingerprint density at radius 2 is 1.77 bits per heavy atom. The van der Waals surface area contributed by atoms with Gasteiger partial charge in [-0.3, -0.25) is 4.79 Å². The number of piperidine rings is 1. The van der Waals surface area contributed by atoms with Gasteiger partial charge in [0.2, 0.25) is 0 Å². The summed E-state index contributed by atoms with van der Waals surface area (Å²) in [6, 6.07) is 13.3. The Hall–Kier alpha value is -2.78. The van der Waals surface area contributed by atoms with Crippen molar-refractivity contribution in [3.8, 4) is 5.75 Å². The third-order valence-electron chi connectivity index (χ3n) is 6.99. The first-order valence-electron chi connectivity index (χ1n) is 13.0. The molecule has 1 saturated heterocycles. The highest BCUT2D eigenvalue weighted by molar-refractivity contribution is 7.08. The number of urea groups is 1. The summed E-state index contributed by atoms with van der Waals surface area (Å²) in [7, 11) is 1.58. The number of thiophene rings is 1. The fourth-order valence-electron chi connectivity index (χ4n) is 4.75. The molecule has 2 aromatic carbocycles. The monoisotopic (exact) mass is 588 g/mol. The van der Waals surface area contributed by atoms with E-state index in [1.54, 1.807) is 25.3 Å². The number of nitrogens with one attached hydrogen (secondary N) is 3. The molecule has 3 amide bonds. The lowest BCUT2D eigenvalue weighted by atomic mass is 9.94. The summed E-state index contributed by atoms with van der Waals surface area (Å²) in [4.78, 5) is 27.7. The first kappa shape index (κ1) is 29.2. The van der Waals surface area contributed by atoms with Crippen LogP contribution in [-0.4, -0.2) is 56.2 Å². The second kappa shape index (κ2) is 14.0. The molecular formula is C29H34Cl2N4O3S. The van der Waals surface area contributed by atoms with Gasteiger partial charge >= 0.3 is 6.03 Å².